The first-order valence-electron chi connectivity index (χ1n) is 11.1. The van der Waals surface area contributed by atoms with Gasteiger partial charge in [-0.2, -0.15) is 13.2 Å². The lowest BCUT2D eigenvalue weighted by Crippen LogP contribution is -2.45. The van der Waals surface area contributed by atoms with Crippen molar-refractivity contribution in [3.63, 3.8) is 0 Å². The van der Waals surface area contributed by atoms with E-state index in [1.165, 1.54) is 18.3 Å². The van der Waals surface area contributed by atoms with Crippen LogP contribution in [-0.4, -0.2) is 46.9 Å². The summed E-state index contributed by atoms with van der Waals surface area (Å²) in [6.45, 7) is 8.25. The first-order valence-corrected chi connectivity index (χ1v) is 12.0. The van der Waals surface area contributed by atoms with Crippen molar-refractivity contribution in [2.24, 2.45) is 0 Å². The van der Waals surface area contributed by atoms with E-state index in [1.807, 2.05) is 36.6 Å². The molecule has 5 nitrogen and oxygen atoms in total. The molecule has 0 N–H and O–H groups in total. The Morgan fingerprint density at radius 3 is 2.12 bits per heavy atom. The molecule has 1 saturated heterocycles. The van der Waals surface area contributed by atoms with Crippen molar-refractivity contribution >= 4 is 28.1 Å². The molecule has 1 amide bonds. The van der Waals surface area contributed by atoms with Crippen LogP contribution in [0.5, 0.6) is 0 Å². The number of alkyl halides is 3. The number of benzene rings is 2. The zero-order chi connectivity index (χ0) is 24.3. The third-order valence-electron chi connectivity index (χ3n) is 5.88. The Morgan fingerprint density at radius 2 is 1.56 bits per heavy atom. The Kier molecular flexibility index (Phi) is 7.35. The summed E-state index contributed by atoms with van der Waals surface area (Å²) >= 11 is 1.46. The molecule has 34 heavy (non-hydrogen) atoms. The molecule has 180 valence electrons. The molecule has 2 heterocycles. The maximum absolute atomic E-state index is 12.7. The number of aromatic nitrogens is 1. The van der Waals surface area contributed by atoms with Crippen LogP contribution < -0.4 is 4.90 Å². The average Bonchev–Trinajstić information content (AvgIpc) is 3.24. The molecule has 1 aliphatic rings. The summed E-state index contributed by atoms with van der Waals surface area (Å²) in [5, 5.41) is 2.65. The van der Waals surface area contributed by atoms with Crippen molar-refractivity contribution in [3.8, 4) is 0 Å². The van der Waals surface area contributed by atoms with E-state index in [0.717, 1.165) is 60.8 Å². The first-order chi connectivity index (χ1) is 16.2. The minimum atomic E-state index is -4.30. The highest BCUT2D eigenvalue weighted by Crippen LogP contribution is 2.30. The first kappa shape index (κ1) is 24.4. The van der Waals surface area contributed by atoms with Gasteiger partial charge in [-0.3, -0.25) is 19.5 Å². The normalized spacial score (nSPS) is 15.4. The predicted octanol–water partition coefficient (Wildman–Crippen LogP) is 5.47. The predicted molar refractivity (Wildman–Crippen MR) is 128 cm³/mol. The smallest absolute Gasteiger partial charge is 0.297 e. The fraction of sp³-hybridized carbons (Fsp3) is 0.360. The molecule has 0 bridgehead atoms. The molecule has 0 saturated carbocycles. The number of thiazole rings is 1. The van der Waals surface area contributed by atoms with E-state index in [9.17, 15) is 18.0 Å². The van der Waals surface area contributed by atoms with Crippen molar-refractivity contribution in [1.29, 1.82) is 0 Å². The topological polar surface area (TPSA) is 39.7 Å². The van der Waals surface area contributed by atoms with Gasteiger partial charge in [0.05, 0.1) is 16.9 Å². The molecule has 9 heteroatoms. The second kappa shape index (κ2) is 10.2. The Morgan fingerprint density at radius 1 is 0.971 bits per heavy atom. The van der Waals surface area contributed by atoms with Crippen molar-refractivity contribution in [3.05, 3.63) is 76.3 Å². The lowest BCUT2D eigenvalue weighted by molar-refractivity contribution is -0.137. The van der Waals surface area contributed by atoms with Gasteiger partial charge in [0, 0.05) is 51.6 Å². The van der Waals surface area contributed by atoms with Crippen LogP contribution in [0.2, 0.25) is 0 Å². The summed E-state index contributed by atoms with van der Waals surface area (Å²) < 4.78 is 38.2. The van der Waals surface area contributed by atoms with Gasteiger partial charge in [-0.15, -0.1) is 11.3 Å². The van der Waals surface area contributed by atoms with Crippen LogP contribution in [0, 0.1) is 6.92 Å². The summed E-state index contributed by atoms with van der Waals surface area (Å²) in [7, 11) is 0. The van der Waals surface area contributed by atoms with Gasteiger partial charge in [-0.05, 0) is 36.8 Å². The molecule has 3 aromatic rings. The van der Waals surface area contributed by atoms with Crippen LogP contribution in [0.15, 0.2) is 53.9 Å². The molecular formula is C25H27F3N4OS. The number of piperazine rings is 1. The van der Waals surface area contributed by atoms with Crippen molar-refractivity contribution in [1.82, 2.24) is 14.8 Å². The molecule has 0 unspecified atom stereocenters. The van der Waals surface area contributed by atoms with E-state index in [2.05, 4.69) is 9.80 Å². The van der Waals surface area contributed by atoms with Crippen molar-refractivity contribution in [2.45, 2.75) is 33.1 Å². The molecule has 0 spiro atoms. The molecular weight excluding hydrogens is 461 g/mol. The zero-order valence-electron chi connectivity index (χ0n) is 19.2. The number of anilines is 2. The van der Waals surface area contributed by atoms with E-state index < -0.39 is 11.7 Å². The molecule has 0 atom stereocenters. The summed E-state index contributed by atoms with van der Waals surface area (Å²) in [5.74, 6) is -0.0818. The van der Waals surface area contributed by atoms with E-state index in [-0.39, 0.29) is 5.91 Å². The third-order valence-corrected chi connectivity index (χ3v) is 6.75. The summed E-state index contributed by atoms with van der Waals surface area (Å²) in [6.07, 6.45) is -4.30. The van der Waals surface area contributed by atoms with Gasteiger partial charge in [-0.1, -0.05) is 29.8 Å². The number of hydrogen-bond acceptors (Lipinski definition) is 5. The van der Waals surface area contributed by atoms with Crippen molar-refractivity contribution < 1.29 is 18.0 Å². The lowest BCUT2D eigenvalue weighted by atomic mass is 10.1. The van der Waals surface area contributed by atoms with Crippen LogP contribution >= 0.6 is 11.3 Å². The highest BCUT2D eigenvalue weighted by molar-refractivity contribution is 7.14. The van der Waals surface area contributed by atoms with Gasteiger partial charge >= 0.3 is 6.18 Å². The number of amides is 1. The largest absolute Gasteiger partial charge is 0.416 e. The monoisotopic (exact) mass is 488 g/mol. The average molecular weight is 489 g/mol. The van der Waals surface area contributed by atoms with Gasteiger partial charge < -0.3 is 0 Å². The molecule has 1 aliphatic heterocycles. The highest BCUT2D eigenvalue weighted by Gasteiger charge is 2.30. The third kappa shape index (κ3) is 6.02. The summed E-state index contributed by atoms with van der Waals surface area (Å²) in [5.41, 5.74) is 3.12. The maximum Gasteiger partial charge on any atom is 0.416 e. The van der Waals surface area contributed by atoms with Crippen LogP contribution in [0.4, 0.5) is 24.0 Å². The quantitative estimate of drug-likeness (QED) is 0.461. The zero-order valence-corrected chi connectivity index (χ0v) is 20.0. The number of carbonyl (C=O) groups is 1. The van der Waals surface area contributed by atoms with Gasteiger partial charge in [0.2, 0.25) is 5.91 Å². The standard InChI is InChI=1S/C25H27F3N4OS/c1-18-3-9-23(10-4-18)32(19(2)33)24-29-22(17-34-24)16-31-13-11-30(12-14-31)15-20-5-7-21(8-6-20)25(26,27)28/h3-10,17H,11-16H2,1-2H3. The van der Waals surface area contributed by atoms with Crippen molar-refractivity contribution in [2.75, 3.05) is 31.1 Å². The Balaban J connectivity index is 1.31. The number of halogens is 3. The fourth-order valence-electron chi connectivity index (χ4n) is 3.98. The minimum Gasteiger partial charge on any atom is -0.297 e. The lowest BCUT2D eigenvalue weighted by Gasteiger charge is -2.34. The van der Waals surface area contributed by atoms with E-state index in [1.54, 1.807) is 17.0 Å². The molecule has 0 radical (unpaired) electrons. The van der Waals surface area contributed by atoms with Crippen LogP contribution in [-0.2, 0) is 24.1 Å². The summed E-state index contributed by atoms with van der Waals surface area (Å²) in [4.78, 5) is 23.2. The highest BCUT2D eigenvalue weighted by atomic mass is 32.1. The SMILES string of the molecule is CC(=O)N(c1ccc(C)cc1)c1nc(CN2CCN(Cc3ccc(C(F)(F)F)cc3)CC2)cs1. The molecule has 1 aromatic heterocycles. The number of carbonyl (C=O) groups excluding carboxylic acids is 1. The van der Waals surface area contributed by atoms with Crippen LogP contribution in [0.1, 0.15) is 29.3 Å². The van der Waals surface area contributed by atoms with Gasteiger partial charge in [0.15, 0.2) is 5.13 Å². The second-order valence-corrected chi connectivity index (χ2v) is 9.39. The van der Waals surface area contributed by atoms with E-state index >= 15 is 0 Å². The van der Waals surface area contributed by atoms with Gasteiger partial charge in [-0.25, -0.2) is 4.98 Å². The summed E-state index contributed by atoms with van der Waals surface area (Å²) in [6, 6.07) is 13.2. The van der Waals surface area contributed by atoms with Crippen LogP contribution in [0.25, 0.3) is 0 Å². The Labute approximate surface area is 201 Å². The van der Waals surface area contributed by atoms with Gasteiger partial charge in [0.25, 0.3) is 0 Å². The number of hydrogen-bond donors (Lipinski definition) is 0. The molecule has 4 rings (SSSR count). The Hall–Kier alpha value is -2.75. The number of rotatable bonds is 6. The maximum atomic E-state index is 12.7. The van der Waals surface area contributed by atoms with E-state index in [4.69, 9.17) is 4.98 Å². The van der Waals surface area contributed by atoms with Gasteiger partial charge in [0.1, 0.15) is 0 Å². The molecule has 0 aliphatic carbocycles. The van der Waals surface area contributed by atoms with Crippen LogP contribution in [0.3, 0.4) is 0 Å². The number of nitrogens with zero attached hydrogens (tertiary/aromatic N) is 4. The molecule has 2 aromatic carbocycles. The second-order valence-electron chi connectivity index (χ2n) is 8.56. The minimum absolute atomic E-state index is 0.0818. The Bertz CT molecular complexity index is 1100. The fourth-order valence-corrected chi connectivity index (χ4v) is 4.86. The van der Waals surface area contributed by atoms with E-state index in [0.29, 0.717) is 18.2 Å². The number of aryl methyl sites for hydroxylation is 1. The molecule has 1 fully saturated rings.